The minimum atomic E-state index is -0.678. The van der Waals surface area contributed by atoms with Crippen LogP contribution >= 0.6 is 0 Å². The molecule has 1 aliphatic carbocycles. The monoisotopic (exact) mass is 257 g/mol. The number of hydrogen-bond donors (Lipinski definition) is 2. The molecule has 0 saturated heterocycles. The zero-order valence-corrected chi connectivity index (χ0v) is 11.7. The molecule has 2 N–H and O–H groups in total. The van der Waals surface area contributed by atoms with Crippen molar-refractivity contribution in [1.29, 1.82) is 0 Å². The SMILES string of the molecule is CCOCCCC(=O)NCC1(O)CCC(C)CC1. The van der Waals surface area contributed by atoms with Gasteiger partial charge in [0.2, 0.25) is 5.91 Å². The van der Waals surface area contributed by atoms with E-state index in [-0.39, 0.29) is 5.91 Å². The van der Waals surface area contributed by atoms with E-state index in [4.69, 9.17) is 4.74 Å². The van der Waals surface area contributed by atoms with Gasteiger partial charge in [-0.15, -0.1) is 0 Å². The molecule has 1 rings (SSSR count). The second-order valence-electron chi connectivity index (χ2n) is 5.48. The maximum atomic E-state index is 11.6. The Bertz CT molecular complexity index is 247. The summed E-state index contributed by atoms with van der Waals surface area (Å²) in [7, 11) is 0. The second-order valence-corrected chi connectivity index (χ2v) is 5.48. The number of aliphatic hydroxyl groups is 1. The van der Waals surface area contributed by atoms with E-state index in [1.807, 2.05) is 6.92 Å². The minimum Gasteiger partial charge on any atom is -0.388 e. The van der Waals surface area contributed by atoms with Crippen LogP contribution in [0, 0.1) is 5.92 Å². The van der Waals surface area contributed by atoms with Crippen LogP contribution in [0.1, 0.15) is 52.4 Å². The predicted molar refractivity (Wildman–Crippen MR) is 71.3 cm³/mol. The van der Waals surface area contributed by atoms with Crippen LogP contribution in [-0.4, -0.2) is 36.4 Å². The van der Waals surface area contributed by atoms with E-state index in [9.17, 15) is 9.90 Å². The highest BCUT2D eigenvalue weighted by molar-refractivity contribution is 5.75. The van der Waals surface area contributed by atoms with Crippen molar-refractivity contribution in [2.45, 2.75) is 58.0 Å². The Morgan fingerprint density at radius 3 is 2.72 bits per heavy atom. The topological polar surface area (TPSA) is 58.6 Å². The Hall–Kier alpha value is -0.610. The summed E-state index contributed by atoms with van der Waals surface area (Å²) >= 11 is 0. The van der Waals surface area contributed by atoms with E-state index in [1.165, 1.54) is 0 Å². The molecule has 0 heterocycles. The predicted octanol–water partition coefficient (Wildman–Crippen LogP) is 1.86. The van der Waals surface area contributed by atoms with Gasteiger partial charge in [-0.3, -0.25) is 4.79 Å². The first kappa shape index (κ1) is 15.4. The molecule has 0 radical (unpaired) electrons. The highest BCUT2D eigenvalue weighted by Gasteiger charge is 2.31. The molecule has 1 fully saturated rings. The van der Waals surface area contributed by atoms with Crippen molar-refractivity contribution in [2.24, 2.45) is 5.92 Å². The highest BCUT2D eigenvalue weighted by Crippen LogP contribution is 2.31. The first-order valence-corrected chi connectivity index (χ1v) is 7.12. The van der Waals surface area contributed by atoms with E-state index in [0.717, 1.165) is 32.1 Å². The summed E-state index contributed by atoms with van der Waals surface area (Å²) in [5.74, 6) is 0.717. The van der Waals surface area contributed by atoms with Gasteiger partial charge in [0, 0.05) is 26.2 Å². The molecule has 1 amide bonds. The summed E-state index contributed by atoms with van der Waals surface area (Å²) < 4.78 is 5.18. The Morgan fingerprint density at radius 1 is 1.44 bits per heavy atom. The maximum Gasteiger partial charge on any atom is 0.220 e. The summed E-state index contributed by atoms with van der Waals surface area (Å²) in [5, 5.41) is 13.1. The van der Waals surface area contributed by atoms with Crippen molar-refractivity contribution in [3.05, 3.63) is 0 Å². The molecular formula is C14H27NO3. The number of carbonyl (C=O) groups excluding carboxylic acids is 1. The lowest BCUT2D eigenvalue weighted by Crippen LogP contribution is -2.45. The standard InChI is InChI=1S/C14H27NO3/c1-3-18-10-4-5-13(16)15-11-14(17)8-6-12(2)7-9-14/h12,17H,3-11H2,1-2H3,(H,15,16). The molecule has 1 aliphatic rings. The summed E-state index contributed by atoms with van der Waals surface area (Å²) in [6.07, 6.45) is 4.93. The van der Waals surface area contributed by atoms with E-state index in [1.54, 1.807) is 0 Å². The normalized spacial score (nSPS) is 28.1. The van der Waals surface area contributed by atoms with Gasteiger partial charge in [-0.2, -0.15) is 0 Å². The largest absolute Gasteiger partial charge is 0.388 e. The molecule has 0 aromatic rings. The average Bonchev–Trinajstić information content (AvgIpc) is 2.36. The first-order chi connectivity index (χ1) is 8.56. The van der Waals surface area contributed by atoms with Gasteiger partial charge in [0.05, 0.1) is 5.60 Å². The summed E-state index contributed by atoms with van der Waals surface area (Å²) in [6.45, 7) is 5.88. The second kappa shape index (κ2) is 7.74. The number of rotatable bonds is 7. The van der Waals surface area contributed by atoms with Crippen LogP contribution in [0.25, 0.3) is 0 Å². The van der Waals surface area contributed by atoms with Crippen molar-refractivity contribution in [2.75, 3.05) is 19.8 Å². The van der Waals surface area contributed by atoms with Crippen LogP contribution in [0.2, 0.25) is 0 Å². The van der Waals surface area contributed by atoms with Crippen molar-refractivity contribution < 1.29 is 14.6 Å². The quantitative estimate of drug-likeness (QED) is 0.684. The number of amides is 1. The van der Waals surface area contributed by atoms with Crippen LogP contribution in [-0.2, 0) is 9.53 Å². The third-order valence-electron chi connectivity index (χ3n) is 3.72. The molecule has 4 heteroatoms. The maximum absolute atomic E-state index is 11.6. The molecule has 0 bridgehead atoms. The molecule has 0 unspecified atom stereocenters. The van der Waals surface area contributed by atoms with Gasteiger partial charge in [-0.25, -0.2) is 0 Å². The highest BCUT2D eigenvalue weighted by atomic mass is 16.5. The zero-order valence-electron chi connectivity index (χ0n) is 11.7. The van der Waals surface area contributed by atoms with Gasteiger partial charge in [-0.05, 0) is 44.9 Å². The lowest BCUT2D eigenvalue weighted by Gasteiger charge is -2.34. The molecule has 0 aliphatic heterocycles. The smallest absolute Gasteiger partial charge is 0.220 e. The van der Waals surface area contributed by atoms with Crippen LogP contribution in [0.3, 0.4) is 0 Å². The van der Waals surface area contributed by atoms with Crippen LogP contribution in [0.4, 0.5) is 0 Å². The Labute approximate surface area is 110 Å². The molecular weight excluding hydrogens is 230 g/mol. The van der Waals surface area contributed by atoms with E-state index < -0.39 is 5.60 Å². The van der Waals surface area contributed by atoms with Gasteiger partial charge in [0.25, 0.3) is 0 Å². The summed E-state index contributed by atoms with van der Waals surface area (Å²) in [6, 6.07) is 0. The van der Waals surface area contributed by atoms with E-state index >= 15 is 0 Å². The van der Waals surface area contributed by atoms with E-state index in [0.29, 0.717) is 32.1 Å². The van der Waals surface area contributed by atoms with Crippen LogP contribution < -0.4 is 5.32 Å². The zero-order chi connectivity index (χ0) is 13.4. The number of nitrogens with one attached hydrogen (secondary N) is 1. The summed E-state index contributed by atoms with van der Waals surface area (Å²) in [4.78, 5) is 11.6. The average molecular weight is 257 g/mol. The van der Waals surface area contributed by atoms with Crippen molar-refractivity contribution >= 4 is 5.91 Å². The molecule has 0 spiro atoms. The van der Waals surface area contributed by atoms with Gasteiger partial charge in [0.15, 0.2) is 0 Å². The Kier molecular flexibility index (Phi) is 6.65. The third-order valence-corrected chi connectivity index (χ3v) is 3.72. The Morgan fingerprint density at radius 2 is 2.11 bits per heavy atom. The fourth-order valence-electron chi connectivity index (χ4n) is 2.31. The number of hydrogen-bond acceptors (Lipinski definition) is 3. The number of carbonyl (C=O) groups is 1. The lowest BCUT2D eigenvalue weighted by molar-refractivity contribution is -0.123. The third kappa shape index (κ3) is 5.83. The molecule has 4 nitrogen and oxygen atoms in total. The van der Waals surface area contributed by atoms with Gasteiger partial charge in [-0.1, -0.05) is 6.92 Å². The molecule has 0 aromatic heterocycles. The van der Waals surface area contributed by atoms with Gasteiger partial charge >= 0.3 is 0 Å². The Balaban J connectivity index is 2.13. The molecule has 106 valence electrons. The molecule has 0 aromatic carbocycles. The van der Waals surface area contributed by atoms with Gasteiger partial charge < -0.3 is 15.2 Å². The van der Waals surface area contributed by atoms with Crippen LogP contribution in [0.5, 0.6) is 0 Å². The number of ether oxygens (including phenoxy) is 1. The van der Waals surface area contributed by atoms with Crippen LogP contribution in [0.15, 0.2) is 0 Å². The van der Waals surface area contributed by atoms with Crippen molar-refractivity contribution in [3.8, 4) is 0 Å². The fourth-order valence-corrected chi connectivity index (χ4v) is 2.31. The van der Waals surface area contributed by atoms with Crippen molar-refractivity contribution in [1.82, 2.24) is 5.32 Å². The fraction of sp³-hybridized carbons (Fsp3) is 0.929. The molecule has 1 saturated carbocycles. The molecule has 0 atom stereocenters. The lowest BCUT2D eigenvalue weighted by atomic mass is 9.79. The first-order valence-electron chi connectivity index (χ1n) is 7.12. The van der Waals surface area contributed by atoms with E-state index in [2.05, 4.69) is 12.2 Å². The van der Waals surface area contributed by atoms with Crippen molar-refractivity contribution in [3.63, 3.8) is 0 Å². The van der Waals surface area contributed by atoms with Gasteiger partial charge in [0.1, 0.15) is 0 Å². The summed E-state index contributed by atoms with van der Waals surface area (Å²) in [5.41, 5.74) is -0.678. The molecule has 18 heavy (non-hydrogen) atoms. The minimum absolute atomic E-state index is 0.0155.